The Morgan fingerprint density at radius 1 is 1.35 bits per heavy atom. The summed E-state index contributed by atoms with van der Waals surface area (Å²) in [5.41, 5.74) is 0.658. The summed E-state index contributed by atoms with van der Waals surface area (Å²) in [6.45, 7) is 4.62. The van der Waals surface area contributed by atoms with Crippen LogP contribution < -0.4 is 5.32 Å². The predicted octanol–water partition coefficient (Wildman–Crippen LogP) is 0.798. The van der Waals surface area contributed by atoms with Crippen molar-refractivity contribution in [3.8, 4) is 0 Å². The number of piperazine rings is 1. The van der Waals surface area contributed by atoms with Gasteiger partial charge in [-0.05, 0) is 17.7 Å². The molecule has 0 radical (unpaired) electrons. The van der Waals surface area contributed by atoms with Crippen molar-refractivity contribution in [3.63, 3.8) is 0 Å². The van der Waals surface area contributed by atoms with Gasteiger partial charge in [0.15, 0.2) is 0 Å². The van der Waals surface area contributed by atoms with Crippen LogP contribution in [0.4, 0.5) is 4.39 Å². The van der Waals surface area contributed by atoms with E-state index in [9.17, 15) is 12.8 Å². The monoisotopic (exact) mass is 301 g/mol. The third-order valence-corrected chi connectivity index (χ3v) is 5.39. The predicted molar refractivity (Wildman–Crippen MR) is 75.8 cm³/mol. The number of nitrogens with one attached hydrogen (secondary N) is 1. The highest BCUT2D eigenvalue weighted by Gasteiger charge is 2.29. The maximum atomic E-state index is 13.2. The van der Waals surface area contributed by atoms with E-state index in [2.05, 4.69) is 5.32 Å². The third kappa shape index (κ3) is 3.54. The second-order valence-corrected chi connectivity index (χ2v) is 6.64. The first-order valence-corrected chi connectivity index (χ1v) is 8.14. The lowest BCUT2D eigenvalue weighted by atomic mass is 10.2. The van der Waals surface area contributed by atoms with Gasteiger partial charge in [0.1, 0.15) is 5.82 Å². The maximum Gasteiger partial charge on any atom is 0.282 e. The lowest BCUT2D eigenvalue weighted by molar-refractivity contribution is 0.312. The molecule has 1 saturated heterocycles. The SMILES string of the molecule is CCN(Cc1cccc(F)c1)S(=O)(=O)N1CCNCC1. The Morgan fingerprint density at radius 3 is 2.65 bits per heavy atom. The standard InChI is InChI=1S/C13H20FN3O2S/c1-2-16(11-12-4-3-5-13(14)10-12)20(18,19)17-8-6-15-7-9-17/h3-5,10,15H,2,6-9,11H2,1H3. The van der Waals surface area contributed by atoms with Crippen LogP contribution in [0.1, 0.15) is 12.5 Å². The van der Waals surface area contributed by atoms with Gasteiger partial charge in [0.2, 0.25) is 0 Å². The minimum Gasteiger partial charge on any atom is -0.314 e. The van der Waals surface area contributed by atoms with Crippen molar-refractivity contribution in [1.82, 2.24) is 13.9 Å². The zero-order valence-electron chi connectivity index (χ0n) is 11.5. The molecular weight excluding hydrogens is 281 g/mol. The fourth-order valence-corrected chi connectivity index (χ4v) is 3.84. The van der Waals surface area contributed by atoms with Crippen LogP contribution in [0.5, 0.6) is 0 Å². The molecular formula is C13H20FN3O2S. The van der Waals surface area contributed by atoms with Crippen molar-refractivity contribution < 1.29 is 12.8 Å². The molecule has 1 N–H and O–H groups in total. The summed E-state index contributed by atoms with van der Waals surface area (Å²) in [4.78, 5) is 0. The van der Waals surface area contributed by atoms with Gasteiger partial charge in [-0.1, -0.05) is 19.1 Å². The van der Waals surface area contributed by atoms with E-state index in [4.69, 9.17) is 0 Å². The Morgan fingerprint density at radius 2 is 2.05 bits per heavy atom. The Labute approximate surface area is 119 Å². The number of hydrogen-bond donors (Lipinski definition) is 1. The fourth-order valence-electron chi connectivity index (χ4n) is 2.23. The van der Waals surface area contributed by atoms with Crippen molar-refractivity contribution in [2.75, 3.05) is 32.7 Å². The van der Waals surface area contributed by atoms with Gasteiger partial charge in [-0.2, -0.15) is 17.0 Å². The molecule has 1 aromatic carbocycles. The lowest BCUT2D eigenvalue weighted by Gasteiger charge is -2.32. The average molecular weight is 301 g/mol. The smallest absolute Gasteiger partial charge is 0.282 e. The van der Waals surface area contributed by atoms with Crippen LogP contribution in [0.15, 0.2) is 24.3 Å². The van der Waals surface area contributed by atoms with Crippen LogP contribution in [0.3, 0.4) is 0 Å². The zero-order chi connectivity index (χ0) is 14.6. The van der Waals surface area contributed by atoms with Gasteiger partial charge in [0.05, 0.1) is 0 Å². The van der Waals surface area contributed by atoms with E-state index >= 15 is 0 Å². The molecule has 0 atom stereocenters. The second-order valence-electron chi connectivity index (χ2n) is 4.71. The second kappa shape index (κ2) is 6.62. The molecule has 0 unspecified atom stereocenters. The van der Waals surface area contributed by atoms with Crippen LogP contribution in [-0.4, -0.2) is 49.8 Å². The molecule has 2 rings (SSSR count). The van der Waals surface area contributed by atoms with E-state index in [0.29, 0.717) is 38.3 Å². The van der Waals surface area contributed by atoms with Gasteiger partial charge in [-0.15, -0.1) is 0 Å². The van der Waals surface area contributed by atoms with Gasteiger partial charge in [-0.25, -0.2) is 4.39 Å². The molecule has 1 aliphatic heterocycles. The number of halogens is 1. The molecule has 1 aliphatic rings. The summed E-state index contributed by atoms with van der Waals surface area (Å²) in [6, 6.07) is 6.05. The highest BCUT2D eigenvalue weighted by Crippen LogP contribution is 2.14. The van der Waals surface area contributed by atoms with Crippen LogP contribution >= 0.6 is 0 Å². The van der Waals surface area contributed by atoms with E-state index in [0.717, 1.165) is 0 Å². The van der Waals surface area contributed by atoms with Gasteiger partial charge in [0, 0.05) is 39.3 Å². The van der Waals surface area contributed by atoms with Crippen LogP contribution in [-0.2, 0) is 16.8 Å². The largest absolute Gasteiger partial charge is 0.314 e. The molecule has 112 valence electrons. The molecule has 1 heterocycles. The van der Waals surface area contributed by atoms with Gasteiger partial charge in [-0.3, -0.25) is 0 Å². The van der Waals surface area contributed by atoms with Gasteiger partial charge >= 0.3 is 0 Å². The van der Waals surface area contributed by atoms with Crippen molar-refractivity contribution in [2.45, 2.75) is 13.5 Å². The molecule has 1 fully saturated rings. The van der Waals surface area contributed by atoms with E-state index < -0.39 is 10.2 Å². The Bertz CT molecular complexity index is 544. The highest BCUT2D eigenvalue weighted by molar-refractivity contribution is 7.86. The summed E-state index contributed by atoms with van der Waals surface area (Å²) in [7, 11) is -3.48. The number of rotatable bonds is 5. The Hall–Kier alpha value is -1.02. The average Bonchev–Trinajstić information content (AvgIpc) is 2.45. The zero-order valence-corrected chi connectivity index (χ0v) is 12.4. The number of nitrogens with zero attached hydrogens (tertiary/aromatic N) is 2. The van der Waals surface area contributed by atoms with Crippen molar-refractivity contribution in [2.24, 2.45) is 0 Å². The molecule has 0 spiro atoms. The molecule has 0 bridgehead atoms. The van der Waals surface area contributed by atoms with E-state index in [-0.39, 0.29) is 12.4 Å². The van der Waals surface area contributed by atoms with E-state index in [1.54, 1.807) is 19.1 Å². The number of hydrogen-bond acceptors (Lipinski definition) is 3. The number of benzene rings is 1. The summed E-state index contributed by atoms with van der Waals surface area (Å²) in [5, 5.41) is 3.13. The fraction of sp³-hybridized carbons (Fsp3) is 0.538. The molecule has 0 aliphatic carbocycles. The maximum absolute atomic E-state index is 13.2. The van der Waals surface area contributed by atoms with Crippen LogP contribution in [0.25, 0.3) is 0 Å². The minimum absolute atomic E-state index is 0.195. The first-order chi connectivity index (χ1) is 9.54. The summed E-state index contributed by atoms with van der Waals surface area (Å²) in [5.74, 6) is -0.349. The van der Waals surface area contributed by atoms with Crippen molar-refractivity contribution in [1.29, 1.82) is 0 Å². The normalized spacial score (nSPS) is 17.6. The quantitative estimate of drug-likeness (QED) is 0.875. The van der Waals surface area contributed by atoms with Gasteiger partial charge in [0.25, 0.3) is 10.2 Å². The molecule has 7 heteroatoms. The Kier molecular flexibility index (Phi) is 5.09. The summed E-state index contributed by atoms with van der Waals surface area (Å²) >= 11 is 0. The van der Waals surface area contributed by atoms with E-state index in [1.807, 2.05) is 0 Å². The molecule has 0 aromatic heterocycles. The van der Waals surface area contributed by atoms with Crippen LogP contribution in [0, 0.1) is 5.82 Å². The minimum atomic E-state index is -3.48. The molecule has 1 aromatic rings. The lowest BCUT2D eigenvalue weighted by Crippen LogP contribution is -2.51. The highest BCUT2D eigenvalue weighted by atomic mass is 32.2. The van der Waals surface area contributed by atoms with E-state index in [1.165, 1.54) is 20.7 Å². The first kappa shape index (κ1) is 15.4. The third-order valence-electron chi connectivity index (χ3n) is 3.33. The first-order valence-electron chi connectivity index (χ1n) is 6.74. The summed E-state index contributed by atoms with van der Waals surface area (Å²) < 4.78 is 41.1. The topological polar surface area (TPSA) is 52.7 Å². The Balaban J connectivity index is 2.14. The summed E-state index contributed by atoms with van der Waals surface area (Å²) in [6.07, 6.45) is 0. The van der Waals surface area contributed by atoms with Gasteiger partial charge < -0.3 is 5.32 Å². The molecule has 0 saturated carbocycles. The van der Waals surface area contributed by atoms with Crippen LogP contribution in [0.2, 0.25) is 0 Å². The molecule has 5 nitrogen and oxygen atoms in total. The van der Waals surface area contributed by atoms with Crippen molar-refractivity contribution >= 4 is 10.2 Å². The molecule has 20 heavy (non-hydrogen) atoms. The molecule has 0 amide bonds. The van der Waals surface area contributed by atoms with Crippen molar-refractivity contribution in [3.05, 3.63) is 35.6 Å².